The number of allylic oxidation sites excluding steroid dienone is 1. The standard InChI is InChI=1S/C15H18F2/c1-2-3-11-4-6-12(7-5-11)13-8-14(16)10-15(17)9-13/h2,8-12H,1,3-7H2. The van der Waals surface area contributed by atoms with Crippen molar-refractivity contribution in [3.8, 4) is 0 Å². The summed E-state index contributed by atoms with van der Waals surface area (Å²) < 4.78 is 26.3. The summed E-state index contributed by atoms with van der Waals surface area (Å²) in [6.45, 7) is 3.76. The van der Waals surface area contributed by atoms with E-state index >= 15 is 0 Å². The molecule has 0 nitrogen and oxygen atoms in total. The number of benzene rings is 1. The van der Waals surface area contributed by atoms with Gasteiger partial charge in [-0.3, -0.25) is 0 Å². The van der Waals surface area contributed by atoms with Gasteiger partial charge < -0.3 is 0 Å². The predicted molar refractivity (Wildman–Crippen MR) is 65.9 cm³/mol. The summed E-state index contributed by atoms with van der Waals surface area (Å²) in [5.41, 5.74) is 0.819. The molecule has 1 aliphatic carbocycles. The summed E-state index contributed by atoms with van der Waals surface area (Å²) in [7, 11) is 0. The van der Waals surface area contributed by atoms with Gasteiger partial charge in [-0.25, -0.2) is 8.78 Å². The van der Waals surface area contributed by atoms with Crippen molar-refractivity contribution in [1.82, 2.24) is 0 Å². The van der Waals surface area contributed by atoms with Crippen LogP contribution in [0.3, 0.4) is 0 Å². The minimum absolute atomic E-state index is 0.321. The fourth-order valence-electron chi connectivity index (χ4n) is 2.78. The van der Waals surface area contributed by atoms with E-state index in [9.17, 15) is 8.78 Å². The van der Waals surface area contributed by atoms with E-state index in [0.717, 1.165) is 43.7 Å². The van der Waals surface area contributed by atoms with Crippen LogP contribution in [0.25, 0.3) is 0 Å². The van der Waals surface area contributed by atoms with Gasteiger partial charge in [-0.1, -0.05) is 6.08 Å². The van der Waals surface area contributed by atoms with E-state index in [4.69, 9.17) is 0 Å². The van der Waals surface area contributed by atoms with Crippen LogP contribution >= 0.6 is 0 Å². The summed E-state index contributed by atoms with van der Waals surface area (Å²) in [5.74, 6) is 0.102. The zero-order valence-electron chi connectivity index (χ0n) is 9.96. The van der Waals surface area contributed by atoms with Crippen molar-refractivity contribution in [1.29, 1.82) is 0 Å². The van der Waals surface area contributed by atoms with Gasteiger partial charge in [0.1, 0.15) is 11.6 Å². The summed E-state index contributed by atoms with van der Waals surface area (Å²) in [6, 6.07) is 3.88. The highest BCUT2D eigenvalue weighted by Crippen LogP contribution is 2.37. The van der Waals surface area contributed by atoms with Gasteiger partial charge in [0, 0.05) is 6.07 Å². The van der Waals surface area contributed by atoms with E-state index in [0.29, 0.717) is 11.8 Å². The molecule has 1 aromatic rings. The van der Waals surface area contributed by atoms with Gasteiger partial charge in [0.05, 0.1) is 0 Å². The molecule has 1 fully saturated rings. The van der Waals surface area contributed by atoms with Gasteiger partial charge >= 0.3 is 0 Å². The molecule has 1 aliphatic rings. The van der Waals surface area contributed by atoms with Gasteiger partial charge in [0.25, 0.3) is 0 Å². The first-order valence-corrected chi connectivity index (χ1v) is 6.26. The van der Waals surface area contributed by atoms with Crippen molar-refractivity contribution in [2.24, 2.45) is 5.92 Å². The van der Waals surface area contributed by atoms with E-state index < -0.39 is 11.6 Å². The quantitative estimate of drug-likeness (QED) is 0.660. The van der Waals surface area contributed by atoms with Crippen molar-refractivity contribution in [3.05, 3.63) is 48.1 Å². The minimum Gasteiger partial charge on any atom is -0.207 e. The molecule has 0 bridgehead atoms. The number of rotatable bonds is 3. The van der Waals surface area contributed by atoms with Crippen molar-refractivity contribution in [3.63, 3.8) is 0 Å². The first-order valence-electron chi connectivity index (χ1n) is 6.26. The van der Waals surface area contributed by atoms with Crippen molar-refractivity contribution in [2.45, 2.75) is 38.0 Å². The first-order chi connectivity index (χ1) is 8.19. The van der Waals surface area contributed by atoms with E-state index in [2.05, 4.69) is 6.58 Å². The first kappa shape index (κ1) is 12.3. The van der Waals surface area contributed by atoms with Crippen LogP contribution in [-0.2, 0) is 0 Å². The monoisotopic (exact) mass is 236 g/mol. The van der Waals surface area contributed by atoms with Crippen LogP contribution in [0.5, 0.6) is 0 Å². The average molecular weight is 236 g/mol. The van der Waals surface area contributed by atoms with Crippen molar-refractivity contribution >= 4 is 0 Å². The molecule has 0 aromatic heterocycles. The molecule has 0 aliphatic heterocycles. The Morgan fingerprint density at radius 3 is 2.18 bits per heavy atom. The zero-order chi connectivity index (χ0) is 12.3. The third-order valence-corrected chi connectivity index (χ3v) is 3.70. The number of halogens is 2. The molecule has 0 N–H and O–H groups in total. The Balaban J connectivity index is 2.02. The Morgan fingerprint density at radius 1 is 1.06 bits per heavy atom. The maximum atomic E-state index is 13.1. The Morgan fingerprint density at radius 2 is 1.65 bits per heavy atom. The molecule has 1 aromatic carbocycles. The Labute approximate surface area is 101 Å². The Hall–Kier alpha value is -1.18. The summed E-state index contributed by atoms with van der Waals surface area (Å²) in [5, 5.41) is 0. The highest BCUT2D eigenvalue weighted by Gasteiger charge is 2.22. The molecule has 0 amide bonds. The predicted octanol–water partition coefficient (Wildman–Crippen LogP) is 4.81. The van der Waals surface area contributed by atoms with Crippen LogP contribution in [0, 0.1) is 17.6 Å². The smallest absolute Gasteiger partial charge is 0.126 e. The van der Waals surface area contributed by atoms with Crippen molar-refractivity contribution in [2.75, 3.05) is 0 Å². The lowest BCUT2D eigenvalue weighted by Crippen LogP contribution is -2.13. The molecule has 0 atom stereocenters. The van der Waals surface area contributed by atoms with E-state index in [1.54, 1.807) is 0 Å². The lowest BCUT2D eigenvalue weighted by Gasteiger charge is -2.28. The Bertz CT molecular complexity index is 370. The molecule has 0 unspecified atom stereocenters. The zero-order valence-corrected chi connectivity index (χ0v) is 9.96. The highest BCUT2D eigenvalue weighted by molar-refractivity contribution is 5.22. The summed E-state index contributed by atoms with van der Waals surface area (Å²) in [6.07, 6.45) is 7.35. The van der Waals surface area contributed by atoms with Crippen LogP contribution in [0.2, 0.25) is 0 Å². The molecule has 0 spiro atoms. The molecule has 0 saturated heterocycles. The summed E-state index contributed by atoms with van der Waals surface area (Å²) >= 11 is 0. The maximum absolute atomic E-state index is 13.1. The normalized spacial score (nSPS) is 24.6. The van der Waals surface area contributed by atoms with Gasteiger partial charge in [0.2, 0.25) is 0 Å². The molecule has 17 heavy (non-hydrogen) atoms. The number of hydrogen-bond acceptors (Lipinski definition) is 0. The second-order valence-corrected chi connectivity index (χ2v) is 4.94. The lowest BCUT2D eigenvalue weighted by molar-refractivity contribution is 0.327. The molecule has 0 heterocycles. The Kier molecular flexibility index (Phi) is 3.93. The third-order valence-electron chi connectivity index (χ3n) is 3.70. The van der Waals surface area contributed by atoms with E-state index in [1.807, 2.05) is 6.08 Å². The van der Waals surface area contributed by atoms with Crippen LogP contribution in [0.4, 0.5) is 8.78 Å². The van der Waals surface area contributed by atoms with Gasteiger partial charge in [0.15, 0.2) is 0 Å². The minimum atomic E-state index is -0.465. The lowest BCUT2D eigenvalue weighted by atomic mass is 9.77. The van der Waals surface area contributed by atoms with Gasteiger partial charge in [-0.05, 0) is 61.6 Å². The summed E-state index contributed by atoms with van der Waals surface area (Å²) in [4.78, 5) is 0. The van der Waals surface area contributed by atoms with E-state index in [1.165, 1.54) is 12.1 Å². The van der Waals surface area contributed by atoms with E-state index in [-0.39, 0.29) is 0 Å². The second-order valence-electron chi connectivity index (χ2n) is 4.94. The largest absolute Gasteiger partial charge is 0.207 e. The van der Waals surface area contributed by atoms with Crippen LogP contribution < -0.4 is 0 Å². The van der Waals surface area contributed by atoms with Crippen LogP contribution in [-0.4, -0.2) is 0 Å². The number of hydrogen-bond donors (Lipinski definition) is 0. The van der Waals surface area contributed by atoms with Crippen molar-refractivity contribution < 1.29 is 8.78 Å². The molecular formula is C15H18F2. The van der Waals surface area contributed by atoms with Gasteiger partial charge in [-0.15, -0.1) is 6.58 Å². The second kappa shape index (κ2) is 5.44. The fraction of sp³-hybridized carbons (Fsp3) is 0.467. The third kappa shape index (κ3) is 3.15. The molecule has 2 rings (SSSR count). The molecule has 92 valence electrons. The molecule has 1 saturated carbocycles. The average Bonchev–Trinajstić information content (AvgIpc) is 2.29. The highest BCUT2D eigenvalue weighted by atomic mass is 19.1. The van der Waals surface area contributed by atoms with Gasteiger partial charge in [-0.2, -0.15) is 0 Å². The molecular weight excluding hydrogens is 218 g/mol. The van der Waals surface area contributed by atoms with Crippen LogP contribution in [0.1, 0.15) is 43.6 Å². The molecule has 2 heteroatoms. The SMILES string of the molecule is C=CCC1CCC(c2cc(F)cc(F)c2)CC1. The molecule has 0 radical (unpaired) electrons. The van der Waals surface area contributed by atoms with Crippen LogP contribution in [0.15, 0.2) is 30.9 Å². The maximum Gasteiger partial charge on any atom is 0.126 e. The topological polar surface area (TPSA) is 0 Å². The fourth-order valence-corrected chi connectivity index (χ4v) is 2.78.